The molecule has 0 saturated carbocycles. The molecule has 0 spiro atoms. The van der Waals surface area contributed by atoms with Crippen LogP contribution in [0.3, 0.4) is 0 Å². The Hall–Kier alpha value is -3.02. The largest absolute Gasteiger partial charge is 0.489 e. The molecule has 0 unspecified atom stereocenters. The molecule has 3 aromatic carbocycles. The average molecular weight is 442 g/mol. The van der Waals surface area contributed by atoms with Gasteiger partial charge in [-0.05, 0) is 63.6 Å². The number of morpholine rings is 1. The maximum Gasteiger partial charge on any atom is 0.167 e. The summed E-state index contributed by atoms with van der Waals surface area (Å²) in [7, 11) is 0. The van der Waals surface area contributed by atoms with Gasteiger partial charge in [-0.2, -0.15) is 0 Å². The van der Waals surface area contributed by atoms with Gasteiger partial charge in [0.2, 0.25) is 0 Å². The molecule has 3 heterocycles. The highest BCUT2D eigenvalue weighted by atomic mass is 16.5. The van der Waals surface area contributed by atoms with Crippen molar-refractivity contribution in [3.8, 4) is 5.75 Å². The van der Waals surface area contributed by atoms with E-state index in [1.165, 1.54) is 32.7 Å². The van der Waals surface area contributed by atoms with Crippen molar-refractivity contribution in [2.75, 3.05) is 39.5 Å². The van der Waals surface area contributed by atoms with Crippen molar-refractivity contribution in [1.82, 2.24) is 14.9 Å². The summed E-state index contributed by atoms with van der Waals surface area (Å²) in [5.74, 6) is 0.941. The second-order valence-electron chi connectivity index (χ2n) is 9.41. The Kier molecular flexibility index (Phi) is 5.24. The zero-order chi connectivity index (χ0) is 22.4. The number of H-pyrrole nitrogens is 2. The molecule has 33 heavy (non-hydrogen) atoms. The lowest BCUT2D eigenvalue weighted by atomic mass is 10.1. The molecule has 0 aliphatic carbocycles. The van der Waals surface area contributed by atoms with Crippen LogP contribution in [0.15, 0.2) is 42.5 Å². The fourth-order valence-corrected chi connectivity index (χ4v) is 5.16. The summed E-state index contributed by atoms with van der Waals surface area (Å²) < 4.78 is 12.0. The highest BCUT2D eigenvalue weighted by Gasteiger charge is 2.18. The molecule has 1 fully saturated rings. The third kappa shape index (κ3) is 3.75. The maximum absolute atomic E-state index is 6.54. The third-order valence-electron chi connectivity index (χ3n) is 6.95. The summed E-state index contributed by atoms with van der Waals surface area (Å²) in [6.07, 6.45) is 2.17. The topological polar surface area (TPSA) is 53.3 Å². The van der Waals surface area contributed by atoms with E-state index >= 15 is 0 Å². The van der Waals surface area contributed by atoms with Gasteiger partial charge in [0.15, 0.2) is 5.75 Å². The van der Waals surface area contributed by atoms with Crippen LogP contribution in [0.1, 0.15) is 24.0 Å². The van der Waals surface area contributed by atoms with E-state index in [9.17, 15) is 0 Å². The highest BCUT2D eigenvalue weighted by molar-refractivity contribution is 6.20. The van der Waals surface area contributed by atoms with Crippen molar-refractivity contribution >= 4 is 43.6 Å². The number of hydrogen-bond donors (Lipinski definition) is 2. The Morgan fingerprint density at radius 1 is 0.788 bits per heavy atom. The minimum Gasteiger partial charge on any atom is -0.489 e. The van der Waals surface area contributed by atoms with Crippen LogP contribution in [0.2, 0.25) is 0 Å². The minimum atomic E-state index is 0.710. The predicted molar refractivity (Wildman–Crippen MR) is 137 cm³/mol. The molecular formula is C28H31N3O2. The van der Waals surface area contributed by atoms with Gasteiger partial charge in [-0.15, -0.1) is 0 Å². The summed E-state index contributed by atoms with van der Waals surface area (Å²) in [4.78, 5) is 9.78. The van der Waals surface area contributed by atoms with Crippen molar-refractivity contribution in [2.24, 2.45) is 0 Å². The first kappa shape index (κ1) is 20.6. The number of nitrogens with one attached hydrogen (secondary N) is 2. The fourth-order valence-electron chi connectivity index (χ4n) is 5.16. The van der Waals surface area contributed by atoms with Crippen LogP contribution in [0, 0.1) is 13.8 Å². The van der Waals surface area contributed by atoms with Crippen LogP contribution >= 0.6 is 0 Å². The van der Waals surface area contributed by atoms with E-state index in [-0.39, 0.29) is 0 Å². The molecule has 0 bridgehead atoms. The Balaban J connectivity index is 1.38. The van der Waals surface area contributed by atoms with Gasteiger partial charge in [0.25, 0.3) is 0 Å². The Labute approximate surface area is 193 Å². The normalized spacial score (nSPS) is 15.3. The van der Waals surface area contributed by atoms with Crippen molar-refractivity contribution in [3.05, 3.63) is 53.6 Å². The van der Waals surface area contributed by atoms with E-state index in [4.69, 9.17) is 9.47 Å². The van der Waals surface area contributed by atoms with E-state index < -0.39 is 0 Å². The van der Waals surface area contributed by atoms with Gasteiger partial charge in [0.05, 0.1) is 30.9 Å². The predicted octanol–water partition coefficient (Wildman–Crippen LogP) is 6.06. The van der Waals surface area contributed by atoms with Crippen LogP contribution in [0.5, 0.6) is 5.75 Å². The molecule has 1 aliphatic rings. The van der Waals surface area contributed by atoms with Crippen molar-refractivity contribution in [2.45, 2.75) is 26.7 Å². The molecule has 0 atom stereocenters. The number of fused-ring (bicyclic) bond motifs is 6. The molecule has 2 N–H and O–H groups in total. The summed E-state index contributed by atoms with van der Waals surface area (Å²) in [6, 6.07) is 15.5. The summed E-state index contributed by atoms with van der Waals surface area (Å²) >= 11 is 0. The Morgan fingerprint density at radius 3 is 2.00 bits per heavy atom. The van der Waals surface area contributed by atoms with Gasteiger partial charge in [-0.3, -0.25) is 4.90 Å². The van der Waals surface area contributed by atoms with Gasteiger partial charge in [-0.1, -0.05) is 23.3 Å². The highest BCUT2D eigenvalue weighted by Crippen LogP contribution is 2.41. The smallest absolute Gasteiger partial charge is 0.167 e. The Morgan fingerprint density at radius 2 is 1.39 bits per heavy atom. The molecule has 5 heteroatoms. The molecular weight excluding hydrogens is 410 g/mol. The average Bonchev–Trinajstić information content (AvgIpc) is 3.37. The fraction of sp³-hybridized carbons (Fsp3) is 0.357. The van der Waals surface area contributed by atoms with Crippen LogP contribution in [-0.2, 0) is 4.74 Å². The van der Waals surface area contributed by atoms with Crippen LogP contribution in [0.4, 0.5) is 0 Å². The molecule has 1 saturated heterocycles. The molecule has 1 aliphatic heterocycles. The van der Waals surface area contributed by atoms with Crippen LogP contribution in [0.25, 0.3) is 43.6 Å². The lowest BCUT2D eigenvalue weighted by Gasteiger charge is -2.26. The molecule has 2 aromatic heterocycles. The second-order valence-corrected chi connectivity index (χ2v) is 9.41. The first-order chi connectivity index (χ1) is 16.2. The van der Waals surface area contributed by atoms with Gasteiger partial charge in [0, 0.05) is 45.7 Å². The summed E-state index contributed by atoms with van der Waals surface area (Å²) in [5.41, 5.74) is 7.01. The van der Waals surface area contributed by atoms with Crippen LogP contribution < -0.4 is 4.74 Å². The number of aryl methyl sites for hydroxylation is 2. The van der Waals surface area contributed by atoms with Gasteiger partial charge >= 0.3 is 0 Å². The first-order valence-corrected chi connectivity index (χ1v) is 12.1. The summed E-state index contributed by atoms with van der Waals surface area (Å²) in [6.45, 7) is 9.93. The number of aromatic nitrogens is 2. The van der Waals surface area contributed by atoms with Crippen LogP contribution in [-0.4, -0.2) is 54.3 Å². The van der Waals surface area contributed by atoms with E-state index in [1.54, 1.807) is 0 Å². The molecule has 5 nitrogen and oxygen atoms in total. The quantitative estimate of drug-likeness (QED) is 0.315. The van der Waals surface area contributed by atoms with Crippen molar-refractivity contribution in [1.29, 1.82) is 0 Å². The molecule has 170 valence electrons. The lowest BCUT2D eigenvalue weighted by molar-refractivity contribution is 0.0368. The zero-order valence-electron chi connectivity index (χ0n) is 19.5. The zero-order valence-corrected chi connectivity index (χ0v) is 19.5. The minimum absolute atomic E-state index is 0.710. The molecule has 6 rings (SSSR count). The van der Waals surface area contributed by atoms with E-state index in [2.05, 4.69) is 71.2 Å². The molecule has 5 aromatic rings. The molecule has 0 radical (unpaired) electrons. The number of benzene rings is 3. The van der Waals surface area contributed by atoms with E-state index in [0.29, 0.717) is 6.61 Å². The monoisotopic (exact) mass is 441 g/mol. The number of rotatable bonds is 6. The van der Waals surface area contributed by atoms with Crippen molar-refractivity contribution in [3.63, 3.8) is 0 Å². The van der Waals surface area contributed by atoms with Gasteiger partial charge in [-0.25, -0.2) is 0 Å². The van der Waals surface area contributed by atoms with E-state index in [1.807, 2.05) is 0 Å². The number of ether oxygens (including phenoxy) is 2. The summed E-state index contributed by atoms with van der Waals surface area (Å²) in [5, 5.41) is 4.97. The number of nitrogens with zero attached hydrogens (tertiary/aromatic N) is 1. The third-order valence-corrected chi connectivity index (χ3v) is 6.95. The van der Waals surface area contributed by atoms with Crippen molar-refractivity contribution < 1.29 is 9.47 Å². The first-order valence-electron chi connectivity index (χ1n) is 12.1. The number of unbranched alkanes of at least 4 members (excludes halogenated alkanes) is 1. The second kappa shape index (κ2) is 8.40. The van der Waals surface area contributed by atoms with Gasteiger partial charge in [0.1, 0.15) is 0 Å². The standard InChI is InChI=1S/C28H31N3O2/c1-18-5-7-24-20(15-18)22-17-23-21-16-19(2)6-8-25(21)30-27(23)28(26(22)29-24)33-12-4-3-9-31-10-13-32-14-11-31/h5-8,15-17,29-30H,3-4,9-14H2,1-2H3. The Bertz CT molecular complexity index is 1360. The number of hydrogen-bond acceptors (Lipinski definition) is 3. The maximum atomic E-state index is 6.54. The van der Waals surface area contributed by atoms with E-state index in [0.717, 1.165) is 73.5 Å². The lowest BCUT2D eigenvalue weighted by Crippen LogP contribution is -2.36. The SMILES string of the molecule is Cc1ccc2[nH]c3c(OCCCCN4CCOCC4)c4[nH]c5ccc(C)cc5c4cc3c2c1. The number of aromatic amines is 2. The molecule has 0 amide bonds. The van der Waals surface area contributed by atoms with Gasteiger partial charge < -0.3 is 19.4 Å².